The molecule has 0 radical (unpaired) electrons. The van der Waals surface area contributed by atoms with E-state index in [9.17, 15) is 19.0 Å². The molecule has 0 fully saturated rings. The van der Waals surface area contributed by atoms with Crippen LogP contribution in [0.2, 0.25) is 0 Å². The first-order valence-corrected chi connectivity index (χ1v) is 21.7. The average Bonchev–Trinajstić information content (AvgIpc) is 3.07. The SMILES string of the molecule is CCCCC/C=C/CCCCCCCC(=O)O[C@H](COC(=O)CCCCCCC/C=C/C=C/CCCCCC)COP(=O)(O)OCC[N+](C)(C)C. The van der Waals surface area contributed by atoms with Gasteiger partial charge in [0.2, 0.25) is 0 Å². The fourth-order valence-corrected chi connectivity index (χ4v) is 5.92. The molecule has 298 valence electrons. The van der Waals surface area contributed by atoms with Crippen molar-refractivity contribution in [3.63, 3.8) is 0 Å². The minimum Gasteiger partial charge on any atom is -0.462 e. The van der Waals surface area contributed by atoms with Crippen molar-refractivity contribution in [2.24, 2.45) is 0 Å². The van der Waals surface area contributed by atoms with Gasteiger partial charge in [0.05, 0.1) is 27.7 Å². The van der Waals surface area contributed by atoms with E-state index in [1.165, 1.54) is 44.9 Å². The highest BCUT2D eigenvalue weighted by Crippen LogP contribution is 2.43. The molecule has 0 aliphatic heterocycles. The van der Waals surface area contributed by atoms with Crippen LogP contribution in [0.5, 0.6) is 0 Å². The molecule has 0 heterocycles. The van der Waals surface area contributed by atoms with Gasteiger partial charge in [0.25, 0.3) is 0 Å². The molecule has 0 bridgehead atoms. The fraction of sp³-hybridized carbons (Fsp3) is 0.805. The maximum Gasteiger partial charge on any atom is 0.472 e. The van der Waals surface area contributed by atoms with Crippen molar-refractivity contribution < 1.29 is 42.1 Å². The molecule has 10 heteroatoms. The van der Waals surface area contributed by atoms with Gasteiger partial charge < -0.3 is 18.9 Å². The predicted octanol–water partition coefficient (Wildman–Crippen LogP) is 11.0. The molecule has 0 spiro atoms. The maximum absolute atomic E-state index is 12.6. The molecular formula is C41H77NO8P+. The van der Waals surface area contributed by atoms with Crippen molar-refractivity contribution in [1.82, 2.24) is 0 Å². The molecule has 0 amide bonds. The number of carbonyl (C=O) groups is 2. The highest BCUT2D eigenvalue weighted by atomic mass is 31.2. The van der Waals surface area contributed by atoms with Gasteiger partial charge >= 0.3 is 19.8 Å². The van der Waals surface area contributed by atoms with Crippen LogP contribution in [0.15, 0.2) is 36.5 Å². The molecule has 0 saturated heterocycles. The van der Waals surface area contributed by atoms with Crippen LogP contribution in [0.3, 0.4) is 0 Å². The van der Waals surface area contributed by atoms with Crippen LogP contribution in [0.1, 0.15) is 162 Å². The average molecular weight is 743 g/mol. The second kappa shape index (κ2) is 34.0. The number of esters is 2. The van der Waals surface area contributed by atoms with Crippen LogP contribution in [-0.2, 0) is 32.7 Å². The van der Waals surface area contributed by atoms with Crippen LogP contribution in [0.4, 0.5) is 0 Å². The third-order valence-electron chi connectivity index (χ3n) is 8.42. The Hall–Kier alpha value is -1.77. The smallest absolute Gasteiger partial charge is 0.462 e. The number of hydrogen-bond acceptors (Lipinski definition) is 7. The normalized spacial score (nSPS) is 14.1. The van der Waals surface area contributed by atoms with Crippen molar-refractivity contribution in [3.8, 4) is 0 Å². The first-order chi connectivity index (χ1) is 24.5. The van der Waals surface area contributed by atoms with Gasteiger partial charge in [-0.2, -0.15) is 0 Å². The van der Waals surface area contributed by atoms with E-state index in [1.807, 2.05) is 21.1 Å². The van der Waals surface area contributed by atoms with Crippen LogP contribution >= 0.6 is 7.82 Å². The summed E-state index contributed by atoms with van der Waals surface area (Å²) in [6, 6.07) is 0. The summed E-state index contributed by atoms with van der Waals surface area (Å²) in [5, 5.41) is 0. The Morgan fingerprint density at radius 3 is 1.61 bits per heavy atom. The first kappa shape index (κ1) is 49.2. The van der Waals surface area contributed by atoms with E-state index in [0.717, 1.165) is 83.5 Å². The molecule has 0 aliphatic carbocycles. The molecule has 0 saturated carbocycles. The minimum atomic E-state index is -4.37. The monoisotopic (exact) mass is 743 g/mol. The zero-order chi connectivity index (χ0) is 37.9. The highest BCUT2D eigenvalue weighted by molar-refractivity contribution is 7.47. The summed E-state index contributed by atoms with van der Waals surface area (Å²) in [6.07, 6.45) is 36.1. The van der Waals surface area contributed by atoms with Crippen molar-refractivity contribution in [2.45, 2.75) is 168 Å². The number of carbonyl (C=O) groups excluding carboxylic acids is 2. The standard InChI is InChI=1S/C41H76NO8P/c1-6-8-10-12-14-16-18-20-21-22-24-25-27-29-31-33-40(43)47-37-39(38-49-51(45,46)48-36-35-42(3,4)5)50-41(44)34-32-30-28-26-23-19-17-15-13-11-9-7-2/h15-18,20-21,39H,6-14,19,22-38H2,1-5H3/p+1/b17-15+,18-16+,21-20+/t39-/m1/s1. The van der Waals surface area contributed by atoms with Gasteiger partial charge in [-0.05, 0) is 64.2 Å². The summed E-state index contributed by atoms with van der Waals surface area (Å²) in [4.78, 5) is 35.2. The van der Waals surface area contributed by atoms with E-state index in [1.54, 1.807) is 0 Å². The summed E-state index contributed by atoms with van der Waals surface area (Å²) in [7, 11) is 1.46. The van der Waals surface area contributed by atoms with Gasteiger partial charge in [-0.25, -0.2) is 4.57 Å². The topological polar surface area (TPSA) is 108 Å². The lowest BCUT2D eigenvalue weighted by atomic mass is 10.1. The van der Waals surface area contributed by atoms with Crippen molar-refractivity contribution in [3.05, 3.63) is 36.5 Å². The van der Waals surface area contributed by atoms with E-state index < -0.39 is 26.5 Å². The van der Waals surface area contributed by atoms with Gasteiger partial charge in [-0.15, -0.1) is 0 Å². The van der Waals surface area contributed by atoms with Gasteiger partial charge in [0.1, 0.15) is 19.8 Å². The van der Waals surface area contributed by atoms with E-state index >= 15 is 0 Å². The molecule has 0 aromatic heterocycles. The number of hydrogen-bond donors (Lipinski definition) is 1. The number of rotatable bonds is 36. The first-order valence-electron chi connectivity index (χ1n) is 20.2. The van der Waals surface area contributed by atoms with Gasteiger partial charge in [-0.3, -0.25) is 18.6 Å². The predicted molar refractivity (Wildman–Crippen MR) is 210 cm³/mol. The Morgan fingerprint density at radius 2 is 1.06 bits per heavy atom. The Balaban J connectivity index is 4.45. The van der Waals surface area contributed by atoms with Crippen LogP contribution < -0.4 is 0 Å². The molecule has 1 N–H and O–H groups in total. The van der Waals surface area contributed by atoms with Gasteiger partial charge in [0.15, 0.2) is 6.10 Å². The van der Waals surface area contributed by atoms with E-state index in [4.69, 9.17) is 18.5 Å². The van der Waals surface area contributed by atoms with Gasteiger partial charge in [0, 0.05) is 12.8 Å². The summed E-state index contributed by atoms with van der Waals surface area (Å²) in [5.74, 6) is -0.829. The Labute approximate surface area is 312 Å². The Kier molecular flexibility index (Phi) is 32.8. The number of quaternary nitrogens is 1. The quantitative estimate of drug-likeness (QED) is 0.0169. The Morgan fingerprint density at radius 1 is 0.608 bits per heavy atom. The van der Waals surface area contributed by atoms with E-state index in [-0.39, 0.29) is 32.0 Å². The molecule has 2 atom stereocenters. The largest absolute Gasteiger partial charge is 0.472 e. The molecule has 1 unspecified atom stereocenters. The molecular weight excluding hydrogens is 665 g/mol. The third kappa shape index (κ3) is 37.8. The number of likely N-dealkylation sites (N-methyl/N-ethyl adjacent to an activating group) is 1. The summed E-state index contributed by atoms with van der Waals surface area (Å²) >= 11 is 0. The van der Waals surface area contributed by atoms with Crippen LogP contribution in [0.25, 0.3) is 0 Å². The third-order valence-corrected chi connectivity index (χ3v) is 9.40. The maximum atomic E-state index is 12.6. The molecule has 0 aromatic carbocycles. The lowest BCUT2D eigenvalue weighted by molar-refractivity contribution is -0.870. The van der Waals surface area contributed by atoms with E-state index in [2.05, 4.69) is 50.3 Å². The minimum absolute atomic E-state index is 0.0270. The fourth-order valence-electron chi connectivity index (χ4n) is 5.17. The van der Waals surface area contributed by atoms with Crippen LogP contribution in [0, 0.1) is 0 Å². The van der Waals surface area contributed by atoms with Crippen molar-refractivity contribution >= 4 is 19.8 Å². The molecule has 9 nitrogen and oxygen atoms in total. The summed E-state index contributed by atoms with van der Waals surface area (Å²) in [6.45, 7) is 4.33. The number of nitrogens with zero attached hydrogens (tertiary/aromatic N) is 1. The molecule has 51 heavy (non-hydrogen) atoms. The molecule has 0 rings (SSSR count). The van der Waals surface area contributed by atoms with Crippen LogP contribution in [-0.4, -0.2) is 74.9 Å². The zero-order valence-corrected chi connectivity index (χ0v) is 34.2. The van der Waals surface area contributed by atoms with Gasteiger partial charge in [-0.1, -0.05) is 121 Å². The number of phosphoric acid groups is 1. The lowest BCUT2D eigenvalue weighted by Crippen LogP contribution is -2.37. The number of phosphoric ester groups is 1. The number of ether oxygens (including phenoxy) is 2. The number of allylic oxidation sites excluding steroid dienone is 6. The second-order valence-corrected chi connectivity index (χ2v) is 16.1. The Bertz CT molecular complexity index is 975. The van der Waals surface area contributed by atoms with Crippen molar-refractivity contribution in [1.29, 1.82) is 0 Å². The highest BCUT2D eigenvalue weighted by Gasteiger charge is 2.27. The summed E-state index contributed by atoms with van der Waals surface area (Å²) < 4.78 is 34.2. The second-order valence-electron chi connectivity index (χ2n) is 14.7. The lowest BCUT2D eigenvalue weighted by Gasteiger charge is -2.24. The zero-order valence-electron chi connectivity index (χ0n) is 33.3. The molecule has 0 aromatic rings. The molecule has 0 aliphatic rings. The van der Waals surface area contributed by atoms with Crippen molar-refractivity contribution in [2.75, 3.05) is 47.5 Å². The van der Waals surface area contributed by atoms with E-state index in [0.29, 0.717) is 17.4 Å². The number of unbranched alkanes of at least 4 members (excludes halogenated alkanes) is 17. The summed E-state index contributed by atoms with van der Waals surface area (Å²) in [5.41, 5.74) is 0.